The highest BCUT2D eigenvalue weighted by Crippen LogP contribution is 2.32. The van der Waals surface area contributed by atoms with Gasteiger partial charge < -0.3 is 14.8 Å². The number of hydrogen-bond donors (Lipinski definition) is 1. The van der Waals surface area contributed by atoms with E-state index in [2.05, 4.69) is 5.32 Å². The summed E-state index contributed by atoms with van der Waals surface area (Å²) in [6, 6.07) is 4.69. The van der Waals surface area contributed by atoms with Crippen LogP contribution in [0, 0.1) is 5.82 Å². The van der Waals surface area contributed by atoms with Crippen molar-refractivity contribution in [2.24, 2.45) is 0 Å². The van der Waals surface area contributed by atoms with E-state index in [4.69, 9.17) is 9.47 Å². The zero-order chi connectivity index (χ0) is 17.0. The molecule has 0 unspecified atom stereocenters. The van der Waals surface area contributed by atoms with E-state index in [1.807, 2.05) is 0 Å². The minimum Gasteiger partial charge on any atom is -0.466 e. The molecule has 0 aromatic heterocycles. The Balaban J connectivity index is 2.51. The highest BCUT2D eigenvalue weighted by molar-refractivity contribution is 5.95. The Morgan fingerprint density at radius 3 is 2.65 bits per heavy atom. The summed E-state index contributed by atoms with van der Waals surface area (Å²) in [5.74, 6) is -1.12. The van der Waals surface area contributed by atoms with Gasteiger partial charge in [0.2, 0.25) is 0 Å². The zero-order valence-corrected chi connectivity index (χ0v) is 13.3. The largest absolute Gasteiger partial charge is 0.466 e. The Hall–Kier alpha value is -2.41. The lowest BCUT2D eigenvalue weighted by Gasteiger charge is -2.35. The van der Waals surface area contributed by atoms with Crippen LogP contribution in [0.2, 0.25) is 0 Å². The van der Waals surface area contributed by atoms with Crippen LogP contribution in [0.4, 0.5) is 9.18 Å². The van der Waals surface area contributed by atoms with Crippen LogP contribution in [0.3, 0.4) is 0 Å². The smallest absolute Gasteiger partial charge is 0.337 e. The molecule has 23 heavy (non-hydrogen) atoms. The van der Waals surface area contributed by atoms with Gasteiger partial charge in [0.1, 0.15) is 5.82 Å². The predicted octanol–water partition coefficient (Wildman–Crippen LogP) is 1.99. The molecule has 1 aliphatic heterocycles. The highest BCUT2D eigenvalue weighted by Gasteiger charge is 2.37. The molecule has 7 heteroatoms. The quantitative estimate of drug-likeness (QED) is 0.842. The highest BCUT2D eigenvalue weighted by atomic mass is 19.1. The summed E-state index contributed by atoms with van der Waals surface area (Å²) >= 11 is 0. The molecule has 1 heterocycles. The van der Waals surface area contributed by atoms with Crippen LogP contribution in [-0.2, 0) is 14.3 Å². The number of carbonyl (C=O) groups is 2. The van der Waals surface area contributed by atoms with Gasteiger partial charge in [-0.2, -0.15) is 0 Å². The van der Waals surface area contributed by atoms with Crippen molar-refractivity contribution in [2.75, 3.05) is 27.4 Å². The Morgan fingerprint density at radius 1 is 1.35 bits per heavy atom. The molecule has 1 aliphatic rings. The number of benzene rings is 1. The number of ether oxygens (including phenoxy) is 2. The first kappa shape index (κ1) is 17.0. The minimum atomic E-state index is -0.894. The molecule has 1 aromatic rings. The first-order chi connectivity index (χ1) is 11.0. The molecular formula is C16H19FN2O4. The van der Waals surface area contributed by atoms with Crippen molar-refractivity contribution in [2.45, 2.75) is 13.0 Å². The van der Waals surface area contributed by atoms with Gasteiger partial charge in [0, 0.05) is 18.4 Å². The topological polar surface area (TPSA) is 67.9 Å². The fourth-order valence-electron chi connectivity index (χ4n) is 2.55. The van der Waals surface area contributed by atoms with Gasteiger partial charge >= 0.3 is 12.0 Å². The van der Waals surface area contributed by atoms with Gasteiger partial charge in [-0.05, 0) is 13.0 Å². The Labute approximate surface area is 133 Å². The lowest BCUT2D eigenvalue weighted by molar-refractivity contribution is -0.136. The van der Waals surface area contributed by atoms with E-state index in [-0.39, 0.29) is 17.7 Å². The maximum atomic E-state index is 14.1. The first-order valence-electron chi connectivity index (χ1n) is 7.11. The van der Waals surface area contributed by atoms with Crippen molar-refractivity contribution in [3.05, 3.63) is 46.9 Å². The van der Waals surface area contributed by atoms with Gasteiger partial charge in [0.15, 0.2) is 0 Å². The van der Waals surface area contributed by atoms with Crippen LogP contribution in [0.1, 0.15) is 18.5 Å². The molecule has 0 fully saturated rings. The predicted molar refractivity (Wildman–Crippen MR) is 81.0 cm³/mol. The molecule has 1 N–H and O–H groups in total. The Bertz CT molecular complexity index is 645. The fourth-order valence-corrected chi connectivity index (χ4v) is 2.55. The standard InChI is InChI=1S/C16H19FN2O4/c1-10-13(15(20)23-3)14(11-6-4-5-7-12(11)17)18-16(21)19(10)8-9-22-2/h4-7,14H,8-9H2,1-3H3,(H,18,21)/t14-/m1/s1. The number of halogens is 1. The molecule has 124 valence electrons. The molecule has 0 aliphatic carbocycles. The third kappa shape index (κ3) is 3.34. The number of urea groups is 1. The monoisotopic (exact) mass is 322 g/mol. The average Bonchev–Trinajstić information content (AvgIpc) is 2.54. The van der Waals surface area contributed by atoms with Crippen molar-refractivity contribution in [3.8, 4) is 0 Å². The number of allylic oxidation sites excluding steroid dienone is 1. The SMILES string of the molecule is COCCN1C(=O)N[C@H](c2ccccc2F)C(C(=O)OC)=C1C. The number of carbonyl (C=O) groups excluding carboxylic acids is 2. The van der Waals surface area contributed by atoms with E-state index in [1.54, 1.807) is 19.1 Å². The van der Waals surface area contributed by atoms with E-state index in [9.17, 15) is 14.0 Å². The Kier molecular flexibility index (Phi) is 5.33. The van der Waals surface area contributed by atoms with Gasteiger partial charge in [0.25, 0.3) is 0 Å². The number of methoxy groups -OCH3 is 2. The molecule has 2 rings (SSSR count). The van der Waals surface area contributed by atoms with Gasteiger partial charge in [-0.1, -0.05) is 18.2 Å². The van der Waals surface area contributed by atoms with Crippen molar-refractivity contribution in [3.63, 3.8) is 0 Å². The molecule has 0 saturated heterocycles. The maximum absolute atomic E-state index is 14.1. The molecule has 1 atom stereocenters. The van der Waals surface area contributed by atoms with Crippen molar-refractivity contribution < 1.29 is 23.5 Å². The normalized spacial score (nSPS) is 18.0. The Morgan fingerprint density at radius 2 is 2.04 bits per heavy atom. The molecule has 0 spiro atoms. The average molecular weight is 322 g/mol. The van der Waals surface area contributed by atoms with Crippen LogP contribution in [0.15, 0.2) is 35.5 Å². The third-order valence-corrected chi connectivity index (χ3v) is 3.74. The summed E-state index contributed by atoms with van der Waals surface area (Å²) in [7, 11) is 2.77. The van der Waals surface area contributed by atoms with Crippen LogP contribution < -0.4 is 5.32 Å². The van der Waals surface area contributed by atoms with Gasteiger partial charge in [-0.3, -0.25) is 4.90 Å². The zero-order valence-electron chi connectivity index (χ0n) is 13.3. The van der Waals surface area contributed by atoms with Gasteiger partial charge in [-0.15, -0.1) is 0 Å². The summed E-state index contributed by atoms with van der Waals surface area (Å²) in [6.45, 7) is 2.22. The number of hydrogen-bond acceptors (Lipinski definition) is 4. The number of amides is 2. The summed E-state index contributed by atoms with van der Waals surface area (Å²) in [6.07, 6.45) is 0. The molecule has 0 saturated carbocycles. The maximum Gasteiger partial charge on any atom is 0.337 e. The molecule has 6 nitrogen and oxygen atoms in total. The number of esters is 1. The number of nitrogens with one attached hydrogen (secondary N) is 1. The lowest BCUT2D eigenvalue weighted by atomic mass is 9.94. The van der Waals surface area contributed by atoms with Crippen molar-refractivity contribution in [1.29, 1.82) is 0 Å². The van der Waals surface area contributed by atoms with Crippen LogP contribution in [0.5, 0.6) is 0 Å². The van der Waals surface area contributed by atoms with E-state index in [1.165, 1.54) is 31.3 Å². The molecule has 2 amide bonds. The molecule has 1 aromatic carbocycles. The molecule has 0 bridgehead atoms. The third-order valence-electron chi connectivity index (χ3n) is 3.74. The number of nitrogens with zero attached hydrogens (tertiary/aromatic N) is 1. The van der Waals surface area contributed by atoms with Gasteiger partial charge in [0.05, 0.1) is 31.9 Å². The van der Waals surface area contributed by atoms with Crippen molar-refractivity contribution >= 4 is 12.0 Å². The van der Waals surface area contributed by atoms with Crippen LogP contribution in [-0.4, -0.2) is 44.3 Å². The molecule has 0 radical (unpaired) electrons. The first-order valence-corrected chi connectivity index (χ1v) is 7.11. The minimum absolute atomic E-state index is 0.202. The lowest BCUT2D eigenvalue weighted by Crippen LogP contribution is -2.49. The second-order valence-electron chi connectivity index (χ2n) is 5.04. The van der Waals surface area contributed by atoms with E-state index in [0.29, 0.717) is 12.3 Å². The van der Waals surface area contributed by atoms with E-state index >= 15 is 0 Å². The van der Waals surface area contributed by atoms with E-state index in [0.717, 1.165) is 0 Å². The van der Waals surface area contributed by atoms with Crippen molar-refractivity contribution in [1.82, 2.24) is 10.2 Å². The van der Waals surface area contributed by atoms with Crippen LogP contribution >= 0.6 is 0 Å². The summed E-state index contributed by atoms with van der Waals surface area (Å²) in [5, 5.41) is 2.66. The summed E-state index contributed by atoms with van der Waals surface area (Å²) in [5.41, 5.74) is 0.839. The fraction of sp³-hybridized carbons (Fsp3) is 0.375. The second-order valence-corrected chi connectivity index (χ2v) is 5.04. The van der Waals surface area contributed by atoms with E-state index < -0.39 is 23.9 Å². The van der Waals surface area contributed by atoms with Crippen LogP contribution in [0.25, 0.3) is 0 Å². The second kappa shape index (κ2) is 7.23. The summed E-state index contributed by atoms with van der Waals surface area (Å²) < 4.78 is 23.9. The number of rotatable bonds is 5. The molecular weight excluding hydrogens is 303 g/mol. The summed E-state index contributed by atoms with van der Waals surface area (Å²) in [4.78, 5) is 25.9. The van der Waals surface area contributed by atoms with Gasteiger partial charge in [-0.25, -0.2) is 14.0 Å².